The molecule has 1 N–H and O–H groups in total. The molecule has 0 aliphatic rings. The lowest BCUT2D eigenvalue weighted by Gasteiger charge is -2.02. The van der Waals surface area contributed by atoms with E-state index < -0.39 is 0 Å². The number of hydrogen-bond donors (Lipinski definition) is 1. The summed E-state index contributed by atoms with van der Waals surface area (Å²) in [6.45, 7) is 1.70. The fourth-order valence-electron chi connectivity index (χ4n) is 1.15. The summed E-state index contributed by atoms with van der Waals surface area (Å²) >= 11 is 0. The largest absolute Gasteiger partial charge is 0.298 e. The summed E-state index contributed by atoms with van der Waals surface area (Å²) in [4.78, 5) is 21.0. The van der Waals surface area contributed by atoms with E-state index in [0.717, 1.165) is 0 Å². The Morgan fingerprint density at radius 3 is 2.46 bits per heavy atom. The highest BCUT2D eigenvalue weighted by Crippen LogP contribution is 2.23. The van der Waals surface area contributed by atoms with Crippen molar-refractivity contribution in [3.8, 4) is 0 Å². The van der Waals surface area contributed by atoms with Gasteiger partial charge in [-0.3, -0.25) is 9.59 Å². The molecular weight excluding hydrogens is 168 g/mol. The fourth-order valence-corrected chi connectivity index (χ4v) is 1.15. The summed E-state index contributed by atoms with van der Waals surface area (Å²) in [6, 6.07) is 3.01. The standard InChI is InChI=1S/C9H8N2O2/c1-6-2-7(4-12)3-8(5-13)9(6)11-10/h2-5,10H,1H3. The minimum atomic E-state index is 0.275. The van der Waals surface area contributed by atoms with Crippen LogP contribution in [0.3, 0.4) is 0 Å². The van der Waals surface area contributed by atoms with Crippen molar-refractivity contribution in [2.45, 2.75) is 6.92 Å². The third kappa shape index (κ3) is 1.66. The zero-order chi connectivity index (χ0) is 9.84. The van der Waals surface area contributed by atoms with E-state index in [4.69, 9.17) is 5.53 Å². The molecular formula is C9H8N2O2. The Morgan fingerprint density at radius 1 is 1.31 bits per heavy atom. The molecule has 0 heterocycles. The minimum Gasteiger partial charge on any atom is -0.298 e. The second-order valence-electron chi connectivity index (χ2n) is 2.62. The van der Waals surface area contributed by atoms with Crippen molar-refractivity contribution in [3.63, 3.8) is 0 Å². The number of benzene rings is 1. The van der Waals surface area contributed by atoms with Crippen LogP contribution >= 0.6 is 0 Å². The first-order valence-electron chi connectivity index (χ1n) is 3.65. The Balaban J connectivity index is 3.45. The van der Waals surface area contributed by atoms with Crippen LogP contribution in [0.15, 0.2) is 17.2 Å². The maximum Gasteiger partial charge on any atom is 0.152 e. The zero-order valence-electron chi connectivity index (χ0n) is 7.07. The van der Waals surface area contributed by atoms with Crippen LogP contribution in [-0.2, 0) is 0 Å². The molecule has 0 bridgehead atoms. The van der Waals surface area contributed by atoms with Crippen LogP contribution in [0.5, 0.6) is 0 Å². The van der Waals surface area contributed by atoms with Crippen molar-refractivity contribution in [2.75, 3.05) is 0 Å². The normalized spacial score (nSPS) is 9.31. The van der Waals surface area contributed by atoms with Gasteiger partial charge in [-0.15, -0.1) is 0 Å². The molecule has 1 aromatic carbocycles. The van der Waals surface area contributed by atoms with Crippen LogP contribution in [0.1, 0.15) is 26.3 Å². The Labute approximate surface area is 75.1 Å². The molecule has 1 aromatic rings. The van der Waals surface area contributed by atoms with E-state index in [1.54, 1.807) is 13.0 Å². The van der Waals surface area contributed by atoms with E-state index in [2.05, 4.69) is 5.11 Å². The molecule has 0 spiro atoms. The minimum absolute atomic E-state index is 0.275. The van der Waals surface area contributed by atoms with Gasteiger partial charge in [-0.05, 0) is 24.6 Å². The highest BCUT2D eigenvalue weighted by atomic mass is 16.1. The summed E-state index contributed by atoms with van der Waals surface area (Å²) < 4.78 is 0. The maximum atomic E-state index is 10.5. The first-order valence-corrected chi connectivity index (χ1v) is 3.65. The number of rotatable bonds is 3. The summed E-state index contributed by atoms with van der Waals surface area (Å²) in [5, 5.41) is 3.22. The molecule has 1 rings (SSSR count). The van der Waals surface area contributed by atoms with Crippen LogP contribution in [0, 0.1) is 12.5 Å². The molecule has 66 valence electrons. The van der Waals surface area contributed by atoms with Crippen LogP contribution < -0.4 is 0 Å². The molecule has 0 amide bonds. The lowest BCUT2D eigenvalue weighted by atomic mass is 10.1. The van der Waals surface area contributed by atoms with Crippen LogP contribution in [-0.4, -0.2) is 12.6 Å². The van der Waals surface area contributed by atoms with Gasteiger partial charge in [0.2, 0.25) is 0 Å². The summed E-state index contributed by atoms with van der Waals surface area (Å²) in [6.07, 6.45) is 1.25. The molecule has 13 heavy (non-hydrogen) atoms. The van der Waals surface area contributed by atoms with Gasteiger partial charge in [0.25, 0.3) is 0 Å². The van der Waals surface area contributed by atoms with Crippen molar-refractivity contribution in [1.29, 1.82) is 5.53 Å². The molecule has 0 radical (unpaired) electrons. The summed E-state index contributed by atoms with van der Waals surface area (Å²) in [7, 11) is 0. The third-order valence-corrected chi connectivity index (χ3v) is 1.73. The van der Waals surface area contributed by atoms with Gasteiger partial charge >= 0.3 is 0 Å². The van der Waals surface area contributed by atoms with E-state index in [1.165, 1.54) is 6.07 Å². The fraction of sp³-hybridized carbons (Fsp3) is 0.111. The molecule has 0 aliphatic carbocycles. The van der Waals surface area contributed by atoms with Crippen molar-refractivity contribution in [3.05, 3.63) is 28.8 Å². The number of carbonyl (C=O) groups is 2. The van der Waals surface area contributed by atoms with Crippen LogP contribution in [0.4, 0.5) is 5.69 Å². The molecule has 0 atom stereocenters. The van der Waals surface area contributed by atoms with Crippen LogP contribution in [0.2, 0.25) is 0 Å². The lowest BCUT2D eigenvalue weighted by Crippen LogP contribution is -1.89. The molecule has 4 heteroatoms. The van der Waals surface area contributed by atoms with Gasteiger partial charge in [-0.1, -0.05) is 0 Å². The Hall–Kier alpha value is -1.84. The van der Waals surface area contributed by atoms with E-state index in [1.807, 2.05) is 0 Å². The van der Waals surface area contributed by atoms with Gasteiger partial charge in [0.1, 0.15) is 6.29 Å². The number of aldehydes is 2. The first-order chi connectivity index (χ1) is 6.22. The number of carbonyl (C=O) groups excluding carboxylic acids is 2. The molecule has 0 saturated heterocycles. The average Bonchev–Trinajstić information content (AvgIpc) is 2.16. The Morgan fingerprint density at radius 2 is 2.00 bits per heavy atom. The zero-order valence-corrected chi connectivity index (χ0v) is 7.07. The van der Waals surface area contributed by atoms with Crippen molar-refractivity contribution < 1.29 is 9.59 Å². The van der Waals surface area contributed by atoms with Gasteiger partial charge in [-0.2, -0.15) is 5.11 Å². The van der Waals surface area contributed by atoms with Crippen molar-refractivity contribution in [1.82, 2.24) is 0 Å². The van der Waals surface area contributed by atoms with Gasteiger partial charge in [0.05, 0.1) is 5.69 Å². The molecule has 0 fully saturated rings. The summed E-state index contributed by atoms with van der Waals surface area (Å²) in [5.74, 6) is 0. The van der Waals surface area contributed by atoms with Gasteiger partial charge in [0.15, 0.2) is 6.29 Å². The van der Waals surface area contributed by atoms with E-state index in [9.17, 15) is 9.59 Å². The number of nitrogens with zero attached hydrogens (tertiary/aromatic N) is 1. The molecule has 4 nitrogen and oxygen atoms in total. The number of hydrogen-bond acceptors (Lipinski definition) is 4. The maximum absolute atomic E-state index is 10.5. The average molecular weight is 176 g/mol. The van der Waals surface area contributed by atoms with Crippen molar-refractivity contribution in [2.24, 2.45) is 5.11 Å². The highest BCUT2D eigenvalue weighted by molar-refractivity contribution is 5.88. The number of nitrogens with one attached hydrogen (secondary N) is 1. The Kier molecular flexibility index (Phi) is 2.64. The van der Waals surface area contributed by atoms with Crippen LogP contribution in [0.25, 0.3) is 0 Å². The van der Waals surface area contributed by atoms with E-state index in [-0.39, 0.29) is 5.56 Å². The second kappa shape index (κ2) is 3.71. The molecule has 0 aliphatic heterocycles. The predicted molar refractivity (Wildman–Crippen MR) is 46.8 cm³/mol. The van der Waals surface area contributed by atoms with Gasteiger partial charge in [-0.25, -0.2) is 5.53 Å². The SMILES string of the molecule is Cc1cc(C=O)cc(C=O)c1N=N. The van der Waals surface area contributed by atoms with E-state index in [0.29, 0.717) is 29.4 Å². The predicted octanol–water partition coefficient (Wildman–Crippen LogP) is 2.28. The smallest absolute Gasteiger partial charge is 0.152 e. The highest BCUT2D eigenvalue weighted by Gasteiger charge is 2.06. The lowest BCUT2D eigenvalue weighted by molar-refractivity contribution is 0.112. The van der Waals surface area contributed by atoms with Crippen molar-refractivity contribution >= 4 is 18.3 Å². The first kappa shape index (κ1) is 9.25. The molecule has 0 saturated carbocycles. The summed E-state index contributed by atoms with van der Waals surface area (Å²) in [5.41, 5.74) is 8.51. The molecule has 0 unspecified atom stereocenters. The third-order valence-electron chi connectivity index (χ3n) is 1.73. The van der Waals surface area contributed by atoms with E-state index >= 15 is 0 Å². The van der Waals surface area contributed by atoms with Gasteiger partial charge in [0, 0.05) is 11.1 Å². The quantitative estimate of drug-likeness (QED) is 0.566. The second-order valence-corrected chi connectivity index (χ2v) is 2.62. The topological polar surface area (TPSA) is 70.3 Å². The molecule has 0 aromatic heterocycles. The van der Waals surface area contributed by atoms with Gasteiger partial charge < -0.3 is 0 Å². The number of aryl methyl sites for hydroxylation is 1. The Bertz CT molecular complexity index is 372. The monoisotopic (exact) mass is 176 g/mol.